The average molecular weight is 327 g/mol. The molecule has 1 aromatic carbocycles. The second kappa shape index (κ2) is 6.10. The lowest BCUT2D eigenvalue weighted by Crippen LogP contribution is -2.24. The summed E-state index contributed by atoms with van der Waals surface area (Å²) in [5, 5.41) is 1.87. The molecular weight excluding hydrogens is 312 g/mol. The average Bonchev–Trinajstić information content (AvgIpc) is 2.83. The molecule has 1 aromatic heterocycles. The fraction of sp³-hybridized carbons (Fsp3) is 0.357. The molecular formula is C14H15BrO4. The van der Waals surface area contributed by atoms with Crippen LogP contribution in [-0.4, -0.2) is 24.5 Å². The zero-order chi connectivity index (χ0) is 13.8. The first-order valence-electron chi connectivity index (χ1n) is 5.97. The Labute approximate surface area is 119 Å². The number of hydrogen-bond acceptors (Lipinski definition) is 4. The van der Waals surface area contributed by atoms with Gasteiger partial charge in [0.1, 0.15) is 0 Å². The Kier molecular flexibility index (Phi) is 4.47. The van der Waals surface area contributed by atoms with Gasteiger partial charge in [0.25, 0.3) is 0 Å². The van der Waals surface area contributed by atoms with Crippen molar-refractivity contribution in [2.75, 3.05) is 12.4 Å². The number of esters is 1. The molecule has 4 nitrogen and oxygen atoms in total. The molecule has 0 aliphatic carbocycles. The Bertz CT molecular complexity index is 576. The lowest BCUT2D eigenvalue weighted by Gasteiger charge is -2.12. The monoisotopic (exact) mass is 326 g/mol. The molecule has 0 N–H and O–H groups in total. The van der Waals surface area contributed by atoms with Crippen LogP contribution in [0.3, 0.4) is 0 Å². The van der Waals surface area contributed by atoms with E-state index in [2.05, 4.69) is 20.7 Å². The second-order valence-electron chi connectivity index (χ2n) is 4.12. The molecule has 2 aromatic rings. The summed E-state index contributed by atoms with van der Waals surface area (Å²) in [4.78, 5) is 11.4. The van der Waals surface area contributed by atoms with E-state index in [-0.39, 0.29) is 0 Å². The number of carbonyl (C=O) groups is 1. The van der Waals surface area contributed by atoms with Gasteiger partial charge in [-0.1, -0.05) is 28.1 Å². The minimum atomic E-state index is -0.666. The summed E-state index contributed by atoms with van der Waals surface area (Å²) in [6.45, 7) is 1.65. The number of para-hydroxylation sites is 1. The molecule has 0 bridgehead atoms. The minimum Gasteiger partial charge on any atom is -0.475 e. The fourth-order valence-electron chi connectivity index (χ4n) is 1.88. The van der Waals surface area contributed by atoms with Crippen molar-refractivity contribution in [3.05, 3.63) is 30.0 Å². The predicted octanol–water partition coefficient (Wildman–Crippen LogP) is 3.31. The number of ether oxygens (including phenoxy) is 2. The molecule has 0 spiro atoms. The summed E-state index contributed by atoms with van der Waals surface area (Å²) in [6.07, 6.45) is 1.94. The molecule has 1 heterocycles. The van der Waals surface area contributed by atoms with Crippen molar-refractivity contribution in [3.63, 3.8) is 0 Å². The van der Waals surface area contributed by atoms with E-state index in [9.17, 15) is 4.79 Å². The van der Waals surface area contributed by atoms with E-state index in [4.69, 9.17) is 9.15 Å². The number of furan rings is 1. The molecule has 2 rings (SSSR count). The van der Waals surface area contributed by atoms with Gasteiger partial charge in [-0.2, -0.15) is 0 Å². The van der Waals surface area contributed by atoms with Gasteiger partial charge in [-0.25, -0.2) is 4.79 Å². The van der Waals surface area contributed by atoms with Gasteiger partial charge in [0.15, 0.2) is 17.4 Å². The standard InChI is InChI=1S/C14H15BrO4/c1-9(14(16)17-2)19-12-5-3-4-11-10(6-7-15)8-18-13(11)12/h3-5,8-9H,6-7H2,1-2H3. The normalized spacial score (nSPS) is 12.4. The number of hydrogen-bond donors (Lipinski definition) is 0. The van der Waals surface area contributed by atoms with Crippen LogP contribution in [0, 0.1) is 0 Å². The number of halogens is 1. The molecule has 5 heteroatoms. The molecule has 0 saturated heterocycles. The van der Waals surface area contributed by atoms with Crippen LogP contribution in [0.25, 0.3) is 11.0 Å². The van der Waals surface area contributed by atoms with Crippen molar-refractivity contribution in [1.29, 1.82) is 0 Å². The molecule has 0 saturated carbocycles. The highest BCUT2D eigenvalue weighted by molar-refractivity contribution is 9.09. The summed E-state index contributed by atoms with van der Waals surface area (Å²) in [6, 6.07) is 5.64. The first-order valence-corrected chi connectivity index (χ1v) is 7.09. The van der Waals surface area contributed by atoms with Gasteiger partial charge in [-0.3, -0.25) is 0 Å². The molecule has 19 heavy (non-hydrogen) atoms. The number of carbonyl (C=O) groups excluding carboxylic acids is 1. The molecule has 1 unspecified atom stereocenters. The molecule has 102 valence electrons. The Morgan fingerprint density at radius 1 is 1.47 bits per heavy atom. The van der Waals surface area contributed by atoms with Gasteiger partial charge < -0.3 is 13.9 Å². The van der Waals surface area contributed by atoms with E-state index in [1.165, 1.54) is 7.11 Å². The zero-order valence-corrected chi connectivity index (χ0v) is 12.4. The first kappa shape index (κ1) is 13.9. The van der Waals surface area contributed by atoms with Crippen LogP contribution in [0.2, 0.25) is 0 Å². The van der Waals surface area contributed by atoms with Crippen LogP contribution in [0.1, 0.15) is 12.5 Å². The molecule has 0 fully saturated rings. The van der Waals surface area contributed by atoms with Gasteiger partial charge in [-0.05, 0) is 25.0 Å². The Hall–Kier alpha value is -1.49. The third-order valence-corrected chi connectivity index (χ3v) is 3.24. The van der Waals surface area contributed by atoms with E-state index < -0.39 is 12.1 Å². The van der Waals surface area contributed by atoms with E-state index in [0.717, 1.165) is 22.7 Å². The fourth-order valence-corrected chi connectivity index (χ4v) is 2.30. The van der Waals surface area contributed by atoms with Gasteiger partial charge in [-0.15, -0.1) is 0 Å². The molecule has 0 aliphatic heterocycles. The van der Waals surface area contributed by atoms with Crippen molar-refractivity contribution < 1.29 is 18.7 Å². The number of fused-ring (bicyclic) bond motifs is 1. The van der Waals surface area contributed by atoms with Crippen LogP contribution in [0.15, 0.2) is 28.9 Å². The highest BCUT2D eigenvalue weighted by atomic mass is 79.9. The summed E-state index contributed by atoms with van der Waals surface area (Å²) >= 11 is 3.41. The largest absolute Gasteiger partial charge is 0.475 e. The Balaban J connectivity index is 2.31. The predicted molar refractivity (Wildman–Crippen MR) is 75.8 cm³/mol. The number of benzene rings is 1. The molecule has 1 atom stereocenters. The quantitative estimate of drug-likeness (QED) is 0.624. The van der Waals surface area contributed by atoms with Gasteiger partial charge >= 0.3 is 5.97 Å². The van der Waals surface area contributed by atoms with Gasteiger partial charge in [0.05, 0.1) is 13.4 Å². The van der Waals surface area contributed by atoms with Crippen LogP contribution in [-0.2, 0) is 16.0 Å². The Morgan fingerprint density at radius 2 is 2.26 bits per heavy atom. The third kappa shape index (κ3) is 2.92. The lowest BCUT2D eigenvalue weighted by atomic mass is 10.1. The van der Waals surface area contributed by atoms with Gasteiger partial charge in [0, 0.05) is 10.7 Å². The summed E-state index contributed by atoms with van der Waals surface area (Å²) in [7, 11) is 1.34. The number of alkyl halides is 1. The van der Waals surface area contributed by atoms with E-state index in [0.29, 0.717) is 11.3 Å². The molecule has 0 aliphatic rings. The van der Waals surface area contributed by atoms with Gasteiger partial charge in [0.2, 0.25) is 0 Å². The third-order valence-electron chi connectivity index (χ3n) is 2.84. The van der Waals surface area contributed by atoms with Crippen LogP contribution in [0.4, 0.5) is 0 Å². The highest BCUT2D eigenvalue weighted by Crippen LogP contribution is 2.30. The molecule has 0 amide bonds. The van der Waals surface area contributed by atoms with Crippen molar-refractivity contribution >= 4 is 32.9 Å². The van der Waals surface area contributed by atoms with Crippen LogP contribution < -0.4 is 4.74 Å². The van der Waals surface area contributed by atoms with Crippen LogP contribution in [0.5, 0.6) is 5.75 Å². The summed E-state index contributed by atoms with van der Waals surface area (Å²) in [5.41, 5.74) is 1.78. The summed E-state index contributed by atoms with van der Waals surface area (Å²) in [5.74, 6) is 0.139. The number of aryl methyl sites for hydroxylation is 1. The van der Waals surface area contributed by atoms with Crippen molar-refractivity contribution in [3.8, 4) is 5.75 Å². The first-order chi connectivity index (χ1) is 9.17. The van der Waals surface area contributed by atoms with E-state index in [1.54, 1.807) is 19.3 Å². The van der Waals surface area contributed by atoms with Crippen molar-refractivity contribution in [2.45, 2.75) is 19.4 Å². The topological polar surface area (TPSA) is 48.7 Å². The van der Waals surface area contributed by atoms with Crippen molar-refractivity contribution in [2.24, 2.45) is 0 Å². The number of methoxy groups -OCH3 is 1. The Morgan fingerprint density at radius 3 is 2.95 bits per heavy atom. The van der Waals surface area contributed by atoms with Crippen molar-refractivity contribution in [1.82, 2.24) is 0 Å². The maximum Gasteiger partial charge on any atom is 0.346 e. The van der Waals surface area contributed by atoms with Crippen LogP contribution >= 0.6 is 15.9 Å². The van der Waals surface area contributed by atoms with E-state index >= 15 is 0 Å². The zero-order valence-electron chi connectivity index (χ0n) is 10.8. The highest BCUT2D eigenvalue weighted by Gasteiger charge is 2.18. The minimum absolute atomic E-state index is 0.413. The maximum absolute atomic E-state index is 11.4. The maximum atomic E-state index is 11.4. The van der Waals surface area contributed by atoms with E-state index in [1.807, 2.05) is 12.1 Å². The smallest absolute Gasteiger partial charge is 0.346 e. The second-order valence-corrected chi connectivity index (χ2v) is 4.91. The molecule has 0 radical (unpaired) electrons. The SMILES string of the molecule is COC(=O)C(C)Oc1cccc2c(CCBr)coc12. The summed E-state index contributed by atoms with van der Waals surface area (Å²) < 4.78 is 15.8. The lowest BCUT2D eigenvalue weighted by molar-refractivity contribution is -0.147. The number of rotatable bonds is 5.